The first kappa shape index (κ1) is 16.1. The number of hydrogen-bond donors (Lipinski definition) is 1. The van der Waals surface area contributed by atoms with Gasteiger partial charge in [0.1, 0.15) is 4.90 Å². The van der Waals surface area contributed by atoms with E-state index in [9.17, 15) is 12.8 Å². The number of nitrogens with zero attached hydrogens (tertiary/aromatic N) is 1. The quantitative estimate of drug-likeness (QED) is 0.798. The molecule has 1 aromatic carbocycles. The summed E-state index contributed by atoms with van der Waals surface area (Å²) in [7, 11) is -3.87. The maximum Gasteiger partial charge on any atom is 0.246 e. The summed E-state index contributed by atoms with van der Waals surface area (Å²) >= 11 is 4.71. The molecule has 0 saturated carbocycles. The van der Waals surface area contributed by atoms with Crippen molar-refractivity contribution in [1.29, 1.82) is 0 Å². The standard InChI is InChI=1S/C12H16BrFN2O2S2/c1-12(2)7-16(3-4-19-12)20(17,18)10-6-8(15)5-9(13)11(10)14/h5-6H,3-4,7,15H2,1-2H3. The third kappa shape index (κ3) is 3.13. The normalized spacial score (nSPS) is 20.0. The van der Waals surface area contributed by atoms with Crippen molar-refractivity contribution in [2.45, 2.75) is 23.5 Å². The molecule has 0 radical (unpaired) electrons. The number of rotatable bonds is 2. The molecule has 0 spiro atoms. The van der Waals surface area contributed by atoms with Crippen LogP contribution in [-0.4, -0.2) is 36.3 Å². The van der Waals surface area contributed by atoms with E-state index in [1.165, 1.54) is 16.4 Å². The minimum absolute atomic E-state index is 0.0571. The van der Waals surface area contributed by atoms with E-state index in [4.69, 9.17) is 5.73 Å². The largest absolute Gasteiger partial charge is 0.399 e. The van der Waals surface area contributed by atoms with Crippen molar-refractivity contribution in [2.75, 3.05) is 24.6 Å². The molecule has 0 bridgehead atoms. The van der Waals surface area contributed by atoms with Crippen LogP contribution in [0.25, 0.3) is 0 Å². The van der Waals surface area contributed by atoms with Gasteiger partial charge in [0.05, 0.1) is 4.47 Å². The highest BCUT2D eigenvalue weighted by Crippen LogP contribution is 2.34. The van der Waals surface area contributed by atoms with Gasteiger partial charge in [-0.25, -0.2) is 12.8 Å². The Morgan fingerprint density at radius 1 is 1.45 bits per heavy atom. The minimum Gasteiger partial charge on any atom is -0.399 e. The molecule has 1 saturated heterocycles. The second-order valence-electron chi connectivity index (χ2n) is 5.26. The molecule has 2 rings (SSSR count). The lowest BCUT2D eigenvalue weighted by atomic mass is 10.2. The highest BCUT2D eigenvalue weighted by Gasteiger charge is 2.36. The van der Waals surface area contributed by atoms with Gasteiger partial charge >= 0.3 is 0 Å². The average Bonchev–Trinajstić information content (AvgIpc) is 2.32. The number of nitrogens with two attached hydrogens (primary N) is 1. The van der Waals surface area contributed by atoms with Crippen molar-refractivity contribution in [3.63, 3.8) is 0 Å². The summed E-state index contributed by atoms with van der Waals surface area (Å²) in [5.41, 5.74) is 5.83. The number of halogens is 2. The molecule has 1 fully saturated rings. The zero-order valence-corrected chi connectivity index (χ0v) is 14.4. The summed E-state index contributed by atoms with van der Waals surface area (Å²) in [6.45, 7) is 4.68. The molecule has 1 aliphatic rings. The Bertz CT molecular complexity index is 635. The topological polar surface area (TPSA) is 63.4 Å². The van der Waals surface area contributed by atoms with Gasteiger partial charge < -0.3 is 5.73 Å². The third-order valence-corrected chi connectivity index (χ3v) is 6.74. The van der Waals surface area contributed by atoms with Crippen molar-refractivity contribution >= 4 is 43.4 Å². The van der Waals surface area contributed by atoms with Crippen LogP contribution >= 0.6 is 27.7 Å². The van der Waals surface area contributed by atoms with Crippen molar-refractivity contribution in [2.24, 2.45) is 0 Å². The van der Waals surface area contributed by atoms with E-state index in [0.29, 0.717) is 18.8 Å². The van der Waals surface area contributed by atoms with Crippen LogP contribution in [0.1, 0.15) is 13.8 Å². The van der Waals surface area contributed by atoms with Crippen molar-refractivity contribution < 1.29 is 12.8 Å². The van der Waals surface area contributed by atoms with Crippen molar-refractivity contribution in [3.05, 3.63) is 22.4 Å². The highest BCUT2D eigenvalue weighted by atomic mass is 79.9. The molecular weight excluding hydrogens is 367 g/mol. The van der Waals surface area contributed by atoms with Crippen LogP contribution in [0.4, 0.5) is 10.1 Å². The fraction of sp³-hybridized carbons (Fsp3) is 0.500. The van der Waals surface area contributed by atoms with Gasteiger partial charge in [0.2, 0.25) is 10.0 Å². The van der Waals surface area contributed by atoms with Gasteiger partial charge in [-0.3, -0.25) is 0 Å². The van der Waals surface area contributed by atoms with E-state index in [1.54, 1.807) is 11.8 Å². The van der Waals surface area contributed by atoms with Crippen LogP contribution in [0, 0.1) is 5.82 Å². The SMILES string of the molecule is CC1(C)CN(S(=O)(=O)c2cc(N)cc(Br)c2F)CCS1. The summed E-state index contributed by atoms with van der Waals surface area (Å²) in [5, 5.41) is 0. The zero-order valence-electron chi connectivity index (χ0n) is 11.2. The summed E-state index contributed by atoms with van der Waals surface area (Å²) in [5.74, 6) is -0.104. The third-order valence-electron chi connectivity index (χ3n) is 3.03. The Balaban J connectivity index is 2.46. The maximum atomic E-state index is 14.1. The fourth-order valence-corrected chi connectivity index (χ4v) is 5.73. The maximum absolute atomic E-state index is 14.1. The molecule has 8 heteroatoms. The molecular formula is C12H16BrFN2O2S2. The summed E-state index contributed by atoms with van der Waals surface area (Å²) < 4.78 is 40.5. The molecule has 0 unspecified atom stereocenters. The summed E-state index contributed by atoms with van der Waals surface area (Å²) in [6, 6.07) is 2.52. The van der Waals surface area contributed by atoms with Gasteiger partial charge in [-0.2, -0.15) is 16.1 Å². The Morgan fingerprint density at radius 2 is 2.10 bits per heavy atom. The first-order valence-electron chi connectivity index (χ1n) is 6.02. The monoisotopic (exact) mass is 382 g/mol. The first-order chi connectivity index (χ1) is 9.13. The van der Waals surface area contributed by atoms with Crippen LogP contribution in [0.3, 0.4) is 0 Å². The van der Waals surface area contributed by atoms with E-state index >= 15 is 0 Å². The number of sulfonamides is 1. The Hall–Kier alpha value is -0.310. The van der Waals surface area contributed by atoms with E-state index in [1.807, 2.05) is 13.8 Å². The number of hydrogen-bond acceptors (Lipinski definition) is 4. The van der Waals surface area contributed by atoms with E-state index in [-0.39, 0.29) is 19.8 Å². The van der Waals surface area contributed by atoms with Crippen LogP contribution in [0.5, 0.6) is 0 Å². The predicted molar refractivity (Wildman–Crippen MR) is 83.8 cm³/mol. The summed E-state index contributed by atoms with van der Waals surface area (Å²) in [6.07, 6.45) is 0. The van der Waals surface area contributed by atoms with Crippen LogP contribution in [0.15, 0.2) is 21.5 Å². The van der Waals surface area contributed by atoms with Gasteiger partial charge in [0.25, 0.3) is 0 Å². The number of nitrogen functional groups attached to an aromatic ring is 1. The Kier molecular flexibility index (Phi) is 4.40. The molecule has 0 aliphatic carbocycles. The Labute approximate surface area is 131 Å². The molecule has 1 aromatic rings. The zero-order chi connectivity index (χ0) is 15.1. The van der Waals surface area contributed by atoms with Crippen molar-refractivity contribution in [1.82, 2.24) is 4.31 Å². The smallest absolute Gasteiger partial charge is 0.246 e. The van der Waals surface area contributed by atoms with Crippen molar-refractivity contribution in [3.8, 4) is 0 Å². The van der Waals surface area contributed by atoms with Crippen LogP contribution < -0.4 is 5.73 Å². The summed E-state index contributed by atoms with van der Waals surface area (Å²) in [4.78, 5) is -0.368. The lowest BCUT2D eigenvalue weighted by molar-refractivity contribution is 0.385. The number of thioether (sulfide) groups is 1. The van der Waals surface area contributed by atoms with Gasteiger partial charge in [-0.1, -0.05) is 0 Å². The van der Waals surface area contributed by atoms with E-state index in [2.05, 4.69) is 15.9 Å². The van der Waals surface area contributed by atoms with Crippen LogP contribution in [0.2, 0.25) is 0 Å². The minimum atomic E-state index is -3.87. The average molecular weight is 383 g/mol. The van der Waals surface area contributed by atoms with E-state index < -0.39 is 15.8 Å². The number of benzene rings is 1. The number of anilines is 1. The van der Waals surface area contributed by atoms with Gasteiger partial charge in [-0.05, 0) is 41.9 Å². The second-order valence-corrected chi connectivity index (χ2v) is 9.82. The van der Waals surface area contributed by atoms with Gasteiger partial charge in [-0.15, -0.1) is 0 Å². The molecule has 112 valence electrons. The molecule has 20 heavy (non-hydrogen) atoms. The molecule has 0 aromatic heterocycles. The lowest BCUT2D eigenvalue weighted by Crippen LogP contribution is -2.46. The first-order valence-corrected chi connectivity index (χ1v) is 9.24. The Morgan fingerprint density at radius 3 is 2.70 bits per heavy atom. The molecule has 0 atom stereocenters. The highest BCUT2D eigenvalue weighted by molar-refractivity contribution is 9.10. The van der Waals surface area contributed by atoms with E-state index in [0.717, 1.165) is 0 Å². The molecule has 4 nitrogen and oxygen atoms in total. The fourth-order valence-electron chi connectivity index (χ4n) is 2.09. The predicted octanol–water partition coefficient (Wildman–Crippen LogP) is 2.69. The lowest BCUT2D eigenvalue weighted by Gasteiger charge is -2.36. The van der Waals surface area contributed by atoms with Crippen LogP contribution in [-0.2, 0) is 10.0 Å². The molecule has 0 amide bonds. The second kappa shape index (κ2) is 5.47. The molecule has 2 N–H and O–H groups in total. The molecule has 1 heterocycles. The van der Waals surface area contributed by atoms with Gasteiger partial charge in [0, 0.05) is 29.3 Å². The molecule has 1 aliphatic heterocycles. The van der Waals surface area contributed by atoms with Gasteiger partial charge in [0.15, 0.2) is 5.82 Å².